The lowest BCUT2D eigenvalue weighted by Gasteiger charge is -2.37. The van der Waals surface area contributed by atoms with Gasteiger partial charge in [0.15, 0.2) is 11.5 Å². The summed E-state index contributed by atoms with van der Waals surface area (Å²) in [5.41, 5.74) is -1.22. The Morgan fingerprint density at radius 3 is 2.28 bits per heavy atom. The van der Waals surface area contributed by atoms with Gasteiger partial charge in [-0.1, -0.05) is 26.7 Å². The second-order valence-corrected chi connectivity index (χ2v) is 13.3. The molecule has 3 aliphatic carbocycles. The van der Waals surface area contributed by atoms with Crippen molar-refractivity contribution in [2.75, 3.05) is 36.2 Å². The molecule has 2 unspecified atom stereocenters. The van der Waals surface area contributed by atoms with Gasteiger partial charge in [-0.25, -0.2) is 8.42 Å². The SMILES string of the molecule is CC1(C)C2CCC1(CS(=O)(=O)[O-])C(=O)C2.O=C(C[S+]1CCOCC1)C1CCCC1. The first-order valence-electron chi connectivity index (χ1n) is 10.8. The number of ketones is 2. The average molecular weight is 447 g/mol. The van der Waals surface area contributed by atoms with E-state index in [0.717, 1.165) is 49.7 Å². The van der Waals surface area contributed by atoms with Crippen molar-refractivity contribution in [2.45, 2.75) is 58.8 Å². The maximum atomic E-state index is 11.9. The van der Waals surface area contributed by atoms with Crippen molar-refractivity contribution >= 4 is 32.6 Å². The molecule has 6 nitrogen and oxygen atoms in total. The second-order valence-electron chi connectivity index (χ2n) is 9.59. The highest BCUT2D eigenvalue weighted by Gasteiger charge is 2.64. The van der Waals surface area contributed by atoms with Crippen LogP contribution in [-0.4, -0.2) is 60.8 Å². The van der Waals surface area contributed by atoms with Crippen molar-refractivity contribution in [2.24, 2.45) is 22.7 Å². The van der Waals surface area contributed by atoms with Crippen molar-refractivity contribution in [3.63, 3.8) is 0 Å². The predicted molar refractivity (Wildman–Crippen MR) is 113 cm³/mol. The van der Waals surface area contributed by atoms with E-state index in [1.807, 2.05) is 13.8 Å². The van der Waals surface area contributed by atoms with E-state index >= 15 is 0 Å². The minimum atomic E-state index is -4.33. The molecular formula is C21H34O6S2. The molecule has 1 aliphatic heterocycles. The van der Waals surface area contributed by atoms with Gasteiger partial charge in [0.2, 0.25) is 0 Å². The number of ether oxygens (including phenoxy) is 1. The molecule has 0 spiro atoms. The molecule has 4 rings (SSSR count). The van der Waals surface area contributed by atoms with E-state index in [1.165, 1.54) is 12.8 Å². The van der Waals surface area contributed by atoms with Crippen molar-refractivity contribution in [3.8, 4) is 0 Å². The largest absolute Gasteiger partial charge is 0.748 e. The number of carbonyl (C=O) groups is 2. The zero-order valence-electron chi connectivity index (χ0n) is 17.6. The van der Waals surface area contributed by atoms with Crippen LogP contribution in [0.1, 0.15) is 58.8 Å². The van der Waals surface area contributed by atoms with Crippen LogP contribution < -0.4 is 0 Å². The summed E-state index contributed by atoms with van der Waals surface area (Å²) in [6, 6.07) is 0. The molecule has 0 amide bonds. The quantitative estimate of drug-likeness (QED) is 0.475. The summed E-state index contributed by atoms with van der Waals surface area (Å²) < 4.78 is 38.0. The molecular weight excluding hydrogens is 412 g/mol. The van der Waals surface area contributed by atoms with Crippen LogP contribution in [0.2, 0.25) is 0 Å². The van der Waals surface area contributed by atoms with Gasteiger partial charge >= 0.3 is 0 Å². The Morgan fingerprint density at radius 1 is 1.17 bits per heavy atom. The van der Waals surface area contributed by atoms with Crippen molar-refractivity contribution in [3.05, 3.63) is 0 Å². The summed E-state index contributed by atoms with van der Waals surface area (Å²) in [5, 5.41) is 0. The number of carbonyl (C=O) groups excluding carboxylic acids is 2. The van der Waals surface area contributed by atoms with E-state index in [4.69, 9.17) is 4.74 Å². The minimum absolute atomic E-state index is 0.0248. The van der Waals surface area contributed by atoms with E-state index in [1.54, 1.807) is 0 Å². The van der Waals surface area contributed by atoms with Crippen molar-refractivity contribution in [1.82, 2.24) is 0 Å². The lowest BCUT2D eigenvalue weighted by Crippen LogP contribution is -2.42. The summed E-state index contributed by atoms with van der Waals surface area (Å²) in [7, 11) is -3.97. The van der Waals surface area contributed by atoms with Crippen molar-refractivity contribution < 1.29 is 27.3 Å². The van der Waals surface area contributed by atoms with Crippen LogP contribution in [0, 0.1) is 22.7 Å². The fourth-order valence-corrected chi connectivity index (χ4v) is 8.80. The maximum absolute atomic E-state index is 11.9. The number of rotatable bonds is 5. The van der Waals surface area contributed by atoms with Crippen LogP contribution in [0.25, 0.3) is 0 Å². The molecule has 166 valence electrons. The van der Waals surface area contributed by atoms with Gasteiger partial charge in [0.25, 0.3) is 0 Å². The molecule has 4 fully saturated rings. The Hall–Kier alpha value is -0.440. The molecule has 0 N–H and O–H groups in total. The zero-order valence-corrected chi connectivity index (χ0v) is 19.2. The molecule has 8 heteroatoms. The molecule has 4 aliphatic rings. The Kier molecular flexibility index (Phi) is 7.18. The first-order chi connectivity index (χ1) is 13.6. The molecule has 2 bridgehead atoms. The summed E-state index contributed by atoms with van der Waals surface area (Å²) in [6.07, 6.45) is 6.74. The van der Waals surface area contributed by atoms with Crippen molar-refractivity contribution in [1.29, 1.82) is 0 Å². The fraction of sp³-hybridized carbons (Fsp3) is 0.905. The third kappa shape index (κ3) is 5.08. The number of Topliss-reactive ketones (excluding diaryl/α,β-unsaturated/α-hetero) is 2. The Morgan fingerprint density at radius 2 is 1.79 bits per heavy atom. The molecule has 0 aromatic rings. The minimum Gasteiger partial charge on any atom is -0.748 e. The molecule has 1 heterocycles. The molecule has 3 saturated carbocycles. The first kappa shape index (κ1) is 23.2. The van der Waals surface area contributed by atoms with E-state index < -0.39 is 21.3 Å². The average Bonchev–Trinajstić information content (AvgIpc) is 3.29. The van der Waals surface area contributed by atoms with Crippen LogP contribution in [0.4, 0.5) is 0 Å². The van der Waals surface area contributed by atoms with Gasteiger partial charge in [-0.05, 0) is 47.9 Å². The summed E-state index contributed by atoms with van der Waals surface area (Å²) in [4.78, 5) is 23.7. The van der Waals surface area contributed by atoms with Gasteiger partial charge in [-0.2, -0.15) is 0 Å². The molecule has 2 atom stereocenters. The highest BCUT2D eigenvalue weighted by atomic mass is 32.2. The molecule has 29 heavy (non-hydrogen) atoms. The van der Waals surface area contributed by atoms with Crippen LogP contribution in [0.3, 0.4) is 0 Å². The third-order valence-electron chi connectivity index (χ3n) is 7.75. The zero-order chi connectivity index (χ0) is 21.3. The van der Waals surface area contributed by atoms with E-state index in [2.05, 4.69) is 0 Å². The van der Waals surface area contributed by atoms with Gasteiger partial charge < -0.3 is 9.29 Å². The van der Waals surface area contributed by atoms with Crippen LogP contribution in [0.15, 0.2) is 0 Å². The number of fused-ring (bicyclic) bond motifs is 2. The topological polar surface area (TPSA) is 101 Å². The summed E-state index contributed by atoms with van der Waals surface area (Å²) in [6.45, 7) is 5.59. The lowest BCUT2D eigenvalue weighted by atomic mass is 9.70. The molecule has 0 aromatic heterocycles. The number of hydrogen-bond acceptors (Lipinski definition) is 6. The predicted octanol–water partition coefficient (Wildman–Crippen LogP) is 2.32. The van der Waals surface area contributed by atoms with Crippen LogP contribution in [-0.2, 0) is 35.3 Å². The van der Waals surface area contributed by atoms with Crippen LogP contribution >= 0.6 is 0 Å². The normalized spacial score (nSPS) is 32.2. The van der Waals surface area contributed by atoms with Gasteiger partial charge in [-0.15, -0.1) is 0 Å². The van der Waals surface area contributed by atoms with Gasteiger partial charge in [0, 0.05) is 17.8 Å². The summed E-state index contributed by atoms with van der Waals surface area (Å²) >= 11 is 0. The van der Waals surface area contributed by atoms with E-state index in [0.29, 0.717) is 35.4 Å². The highest BCUT2D eigenvalue weighted by molar-refractivity contribution is 7.97. The van der Waals surface area contributed by atoms with Gasteiger partial charge in [0.05, 0.1) is 29.1 Å². The molecule has 0 radical (unpaired) electrons. The van der Waals surface area contributed by atoms with Gasteiger partial charge in [-0.3, -0.25) is 9.59 Å². The molecule has 0 aromatic carbocycles. The third-order valence-corrected chi connectivity index (χ3v) is 10.8. The first-order valence-corrected chi connectivity index (χ1v) is 14.1. The van der Waals surface area contributed by atoms with Gasteiger partial charge in [0.1, 0.15) is 17.3 Å². The monoisotopic (exact) mass is 446 g/mol. The standard InChI is InChI=1S/C11H19O2S.C10H16O4S/c12-11(10-3-1-2-4-10)9-14-7-5-13-6-8-14;1-9(2)7-3-4-10(9,8(11)5-7)6-15(12,13)14/h10H,1-9H2;7H,3-6H2,1-2H3,(H,12,13,14)/q+1;/p-1. The smallest absolute Gasteiger partial charge is 0.184 e. The second kappa shape index (κ2) is 8.97. The fourth-order valence-electron chi connectivity index (χ4n) is 5.68. The van der Waals surface area contributed by atoms with Crippen LogP contribution in [0.5, 0.6) is 0 Å². The number of hydrogen-bond donors (Lipinski definition) is 0. The highest BCUT2D eigenvalue weighted by Crippen LogP contribution is 2.64. The Bertz CT molecular complexity index is 719. The Labute approximate surface area is 177 Å². The molecule has 1 saturated heterocycles. The van der Waals surface area contributed by atoms with E-state index in [9.17, 15) is 22.6 Å². The Balaban J connectivity index is 0.000000166. The van der Waals surface area contributed by atoms with E-state index in [-0.39, 0.29) is 17.1 Å². The lowest BCUT2D eigenvalue weighted by molar-refractivity contribution is -0.128. The maximum Gasteiger partial charge on any atom is 0.184 e. The summed E-state index contributed by atoms with van der Waals surface area (Å²) in [5.74, 6) is 3.79.